The summed E-state index contributed by atoms with van der Waals surface area (Å²) in [7, 11) is -3.92. The van der Waals surface area contributed by atoms with Gasteiger partial charge in [0.05, 0.1) is 0 Å². The standard InChI is InChI=1S/C13H18FNO3S/c1-9(2)6-7-15-19(17,18)13-8-11(10(3)16)4-5-12(13)14/h4-5,8-9,15H,6-7H2,1-3H3. The molecule has 0 aliphatic rings. The predicted octanol–water partition coefficient (Wildman–Crippen LogP) is 2.35. The van der Waals surface area contributed by atoms with E-state index in [9.17, 15) is 17.6 Å². The van der Waals surface area contributed by atoms with Crippen LogP contribution in [-0.4, -0.2) is 20.7 Å². The molecule has 4 nitrogen and oxygen atoms in total. The van der Waals surface area contributed by atoms with Gasteiger partial charge in [-0.1, -0.05) is 13.8 Å². The number of nitrogens with one attached hydrogen (secondary N) is 1. The van der Waals surface area contributed by atoms with Crippen LogP contribution >= 0.6 is 0 Å². The Labute approximate surface area is 113 Å². The summed E-state index contributed by atoms with van der Waals surface area (Å²) in [6, 6.07) is 3.33. The summed E-state index contributed by atoms with van der Waals surface area (Å²) in [5.41, 5.74) is 0.172. The van der Waals surface area contributed by atoms with Crippen molar-refractivity contribution in [1.29, 1.82) is 0 Å². The number of hydrogen-bond acceptors (Lipinski definition) is 3. The van der Waals surface area contributed by atoms with Crippen molar-refractivity contribution in [1.82, 2.24) is 4.72 Å². The molecule has 0 fully saturated rings. The van der Waals surface area contributed by atoms with Gasteiger partial charge < -0.3 is 0 Å². The SMILES string of the molecule is CC(=O)c1ccc(F)c(S(=O)(=O)NCCC(C)C)c1. The van der Waals surface area contributed by atoms with E-state index in [1.165, 1.54) is 13.0 Å². The van der Waals surface area contributed by atoms with Gasteiger partial charge in [0.25, 0.3) is 0 Å². The van der Waals surface area contributed by atoms with E-state index in [-0.39, 0.29) is 17.9 Å². The van der Waals surface area contributed by atoms with Gasteiger partial charge in [0, 0.05) is 12.1 Å². The highest BCUT2D eigenvalue weighted by Crippen LogP contribution is 2.17. The Morgan fingerprint density at radius 1 is 1.37 bits per heavy atom. The van der Waals surface area contributed by atoms with Gasteiger partial charge in [-0.3, -0.25) is 4.79 Å². The molecule has 0 atom stereocenters. The largest absolute Gasteiger partial charge is 0.295 e. The molecule has 0 heterocycles. The van der Waals surface area contributed by atoms with Crippen molar-refractivity contribution in [3.05, 3.63) is 29.6 Å². The molecule has 0 unspecified atom stereocenters. The second kappa shape index (κ2) is 6.25. The molecule has 0 amide bonds. The van der Waals surface area contributed by atoms with Crippen LogP contribution in [0.5, 0.6) is 0 Å². The zero-order chi connectivity index (χ0) is 14.6. The molecule has 1 aromatic carbocycles. The molecule has 0 saturated carbocycles. The van der Waals surface area contributed by atoms with Crippen LogP contribution in [0.2, 0.25) is 0 Å². The number of sulfonamides is 1. The van der Waals surface area contributed by atoms with E-state index >= 15 is 0 Å². The van der Waals surface area contributed by atoms with E-state index in [1.54, 1.807) is 0 Å². The summed E-state index contributed by atoms with van der Waals surface area (Å²) in [5, 5.41) is 0. The molecular formula is C13H18FNO3S. The Bertz CT molecular complexity index is 567. The highest BCUT2D eigenvalue weighted by atomic mass is 32.2. The van der Waals surface area contributed by atoms with Crippen molar-refractivity contribution >= 4 is 15.8 Å². The smallest absolute Gasteiger partial charge is 0.243 e. The van der Waals surface area contributed by atoms with Crippen LogP contribution in [0.1, 0.15) is 37.6 Å². The Balaban J connectivity index is 3.00. The van der Waals surface area contributed by atoms with Crippen LogP contribution in [-0.2, 0) is 10.0 Å². The molecule has 0 aliphatic heterocycles. The molecule has 0 aromatic heterocycles. The Morgan fingerprint density at radius 2 is 2.00 bits per heavy atom. The minimum absolute atomic E-state index is 0.172. The van der Waals surface area contributed by atoms with E-state index in [2.05, 4.69) is 4.72 Å². The zero-order valence-electron chi connectivity index (χ0n) is 11.2. The van der Waals surface area contributed by atoms with Gasteiger partial charge in [-0.25, -0.2) is 17.5 Å². The van der Waals surface area contributed by atoms with Gasteiger partial charge in [0.2, 0.25) is 10.0 Å². The third-order valence-corrected chi connectivity index (χ3v) is 4.12. The molecule has 0 radical (unpaired) electrons. The Hall–Kier alpha value is -1.27. The summed E-state index contributed by atoms with van der Waals surface area (Å²) in [4.78, 5) is 10.7. The van der Waals surface area contributed by atoms with Crippen LogP contribution in [0.3, 0.4) is 0 Å². The summed E-state index contributed by atoms with van der Waals surface area (Å²) < 4.78 is 39.8. The zero-order valence-corrected chi connectivity index (χ0v) is 12.1. The summed E-state index contributed by atoms with van der Waals surface area (Å²) in [5.74, 6) is -0.822. The molecule has 1 rings (SSSR count). The molecule has 1 aromatic rings. The maximum atomic E-state index is 13.6. The van der Waals surface area contributed by atoms with Gasteiger partial charge in [-0.2, -0.15) is 0 Å². The molecule has 0 aliphatic carbocycles. The number of carbonyl (C=O) groups is 1. The first-order chi connectivity index (χ1) is 8.74. The molecule has 6 heteroatoms. The number of ketones is 1. The van der Waals surface area contributed by atoms with Crippen LogP contribution < -0.4 is 4.72 Å². The van der Waals surface area contributed by atoms with E-state index in [4.69, 9.17) is 0 Å². The van der Waals surface area contributed by atoms with E-state index in [0.717, 1.165) is 12.1 Å². The van der Waals surface area contributed by atoms with Crippen molar-refractivity contribution in [2.75, 3.05) is 6.54 Å². The van der Waals surface area contributed by atoms with Crippen molar-refractivity contribution in [3.8, 4) is 0 Å². The third-order valence-electron chi connectivity index (χ3n) is 2.64. The molecule has 1 N–H and O–H groups in total. The second-order valence-corrected chi connectivity index (χ2v) is 6.52. The van der Waals surface area contributed by atoms with Gasteiger partial charge in [-0.15, -0.1) is 0 Å². The highest BCUT2D eigenvalue weighted by molar-refractivity contribution is 7.89. The minimum Gasteiger partial charge on any atom is -0.295 e. The fourth-order valence-corrected chi connectivity index (χ4v) is 2.64. The molecule has 0 saturated heterocycles. The lowest BCUT2D eigenvalue weighted by atomic mass is 10.1. The predicted molar refractivity (Wildman–Crippen MR) is 71.0 cm³/mol. The molecular weight excluding hydrogens is 269 g/mol. The van der Waals surface area contributed by atoms with Gasteiger partial charge in [-0.05, 0) is 37.5 Å². The molecule has 106 valence electrons. The molecule has 0 spiro atoms. The lowest BCUT2D eigenvalue weighted by Crippen LogP contribution is -2.26. The Kier molecular flexibility index (Phi) is 5.20. The highest BCUT2D eigenvalue weighted by Gasteiger charge is 2.20. The summed E-state index contributed by atoms with van der Waals surface area (Å²) in [6.45, 7) is 5.47. The topological polar surface area (TPSA) is 63.2 Å². The normalized spacial score (nSPS) is 11.8. The monoisotopic (exact) mass is 287 g/mol. The van der Waals surface area contributed by atoms with Gasteiger partial charge in [0.1, 0.15) is 10.7 Å². The molecule has 0 bridgehead atoms. The van der Waals surface area contributed by atoms with Gasteiger partial charge in [0.15, 0.2) is 5.78 Å². The summed E-state index contributed by atoms with van der Waals surface area (Å²) in [6.07, 6.45) is 0.660. The average Bonchev–Trinajstić information content (AvgIpc) is 2.28. The second-order valence-electron chi connectivity index (χ2n) is 4.78. The van der Waals surface area contributed by atoms with Crippen molar-refractivity contribution in [2.45, 2.75) is 32.1 Å². The fourth-order valence-electron chi connectivity index (χ4n) is 1.49. The first-order valence-corrected chi connectivity index (χ1v) is 7.52. The lowest BCUT2D eigenvalue weighted by molar-refractivity contribution is 0.101. The number of benzene rings is 1. The lowest BCUT2D eigenvalue weighted by Gasteiger charge is -2.09. The number of hydrogen-bond donors (Lipinski definition) is 1. The quantitative estimate of drug-likeness (QED) is 0.817. The third kappa shape index (κ3) is 4.40. The van der Waals surface area contributed by atoms with Crippen LogP contribution in [0, 0.1) is 11.7 Å². The van der Waals surface area contributed by atoms with E-state index in [1.807, 2.05) is 13.8 Å². The van der Waals surface area contributed by atoms with Crippen LogP contribution in [0.25, 0.3) is 0 Å². The van der Waals surface area contributed by atoms with Crippen LogP contribution in [0.4, 0.5) is 4.39 Å². The maximum absolute atomic E-state index is 13.6. The average molecular weight is 287 g/mol. The van der Waals surface area contributed by atoms with Crippen LogP contribution in [0.15, 0.2) is 23.1 Å². The first-order valence-electron chi connectivity index (χ1n) is 6.04. The van der Waals surface area contributed by atoms with Crippen molar-refractivity contribution in [2.24, 2.45) is 5.92 Å². The fraction of sp³-hybridized carbons (Fsp3) is 0.462. The van der Waals surface area contributed by atoms with Gasteiger partial charge >= 0.3 is 0 Å². The number of carbonyl (C=O) groups excluding carboxylic acids is 1. The first kappa shape index (κ1) is 15.8. The van der Waals surface area contributed by atoms with Crippen molar-refractivity contribution < 1.29 is 17.6 Å². The maximum Gasteiger partial charge on any atom is 0.243 e. The summed E-state index contributed by atoms with van der Waals surface area (Å²) >= 11 is 0. The van der Waals surface area contributed by atoms with Crippen molar-refractivity contribution in [3.63, 3.8) is 0 Å². The molecule has 19 heavy (non-hydrogen) atoms. The number of Topliss-reactive ketones (excluding diaryl/α,β-unsaturated/α-hetero) is 1. The number of halogens is 1. The van der Waals surface area contributed by atoms with E-state index in [0.29, 0.717) is 12.3 Å². The minimum atomic E-state index is -3.92. The number of rotatable bonds is 6. The van der Waals surface area contributed by atoms with E-state index < -0.39 is 20.7 Å². The Morgan fingerprint density at radius 3 is 2.53 bits per heavy atom.